The van der Waals surface area contributed by atoms with Crippen LogP contribution >= 0.6 is 11.6 Å². The predicted octanol–water partition coefficient (Wildman–Crippen LogP) is 3.10. The van der Waals surface area contributed by atoms with Crippen molar-refractivity contribution >= 4 is 35.0 Å². The van der Waals surface area contributed by atoms with E-state index in [4.69, 9.17) is 16.4 Å². The van der Waals surface area contributed by atoms with Gasteiger partial charge < -0.3 is 0 Å². The van der Waals surface area contributed by atoms with Gasteiger partial charge in [-0.3, -0.25) is 19.2 Å². The molecule has 4 rings (SSSR count). The maximum atomic E-state index is 12.7. The number of anilines is 1. The van der Waals surface area contributed by atoms with Gasteiger partial charge in [0.1, 0.15) is 0 Å². The zero-order valence-electron chi connectivity index (χ0n) is 15.3. The monoisotopic (exact) mass is 388 g/mol. The molecule has 27 heavy (non-hydrogen) atoms. The van der Waals surface area contributed by atoms with Gasteiger partial charge >= 0.3 is 0 Å². The number of imide groups is 1. The average Bonchev–Trinajstić information content (AvgIpc) is 3.05. The van der Waals surface area contributed by atoms with E-state index >= 15 is 0 Å². The molecule has 2 saturated heterocycles. The summed E-state index contributed by atoms with van der Waals surface area (Å²) in [6.07, 6.45) is 5.12. The highest BCUT2D eigenvalue weighted by Crippen LogP contribution is 2.39. The number of allylic oxidation sites excluding steroid dienone is 2. The summed E-state index contributed by atoms with van der Waals surface area (Å²) < 4.78 is 0. The second-order valence-corrected chi connectivity index (χ2v) is 8.35. The van der Waals surface area contributed by atoms with Crippen molar-refractivity contribution in [2.24, 2.45) is 17.3 Å². The molecule has 0 radical (unpaired) electrons. The van der Waals surface area contributed by atoms with E-state index in [1.807, 2.05) is 26.0 Å². The van der Waals surface area contributed by atoms with Crippen LogP contribution in [0.25, 0.3) is 0 Å². The van der Waals surface area contributed by atoms with Gasteiger partial charge in [0.15, 0.2) is 0 Å². The molecule has 6 nitrogen and oxygen atoms in total. The summed E-state index contributed by atoms with van der Waals surface area (Å²) in [7, 11) is 0. The van der Waals surface area contributed by atoms with E-state index in [2.05, 4.69) is 0 Å². The highest BCUT2D eigenvalue weighted by atomic mass is 35.5. The number of carbonyl (C=O) groups is 3. The first kappa shape index (κ1) is 18.2. The third-order valence-corrected chi connectivity index (χ3v) is 5.85. The van der Waals surface area contributed by atoms with Gasteiger partial charge in [0, 0.05) is 5.02 Å². The van der Waals surface area contributed by atoms with Crippen molar-refractivity contribution in [3.8, 4) is 0 Å². The average molecular weight is 389 g/mol. The number of hydroxylamine groups is 2. The van der Waals surface area contributed by atoms with E-state index in [9.17, 15) is 14.4 Å². The first-order chi connectivity index (χ1) is 12.8. The minimum Gasteiger partial charge on any atom is -0.274 e. The van der Waals surface area contributed by atoms with E-state index in [1.165, 1.54) is 9.96 Å². The van der Waals surface area contributed by atoms with Gasteiger partial charge in [-0.15, -0.1) is 0 Å². The number of fused-ring (bicyclic) bond motifs is 1. The standard InChI is InChI=1S/C20H21ClN2O4/c1-20(2)11-27-22(19(20)26)10-12-7-8-13(9-16(12)21)23-17(24)14-5-3-4-6-15(14)18(23)25/h3-4,7-9,14-15H,5-6,10-11H2,1-2H3. The molecule has 0 bridgehead atoms. The van der Waals surface area contributed by atoms with Crippen molar-refractivity contribution in [3.63, 3.8) is 0 Å². The number of hydrogen-bond acceptors (Lipinski definition) is 4. The molecule has 3 amide bonds. The smallest absolute Gasteiger partial charge is 0.254 e. The molecule has 1 aromatic rings. The van der Waals surface area contributed by atoms with E-state index in [-0.39, 0.29) is 36.1 Å². The number of nitrogens with zero attached hydrogens (tertiary/aromatic N) is 2. The van der Waals surface area contributed by atoms with Crippen molar-refractivity contribution in [2.75, 3.05) is 11.5 Å². The van der Waals surface area contributed by atoms with E-state index in [0.717, 1.165) is 0 Å². The third kappa shape index (κ3) is 2.97. The number of carbonyl (C=O) groups excluding carboxylic acids is 3. The Bertz CT molecular complexity index is 838. The Morgan fingerprint density at radius 3 is 2.26 bits per heavy atom. The normalized spacial score (nSPS) is 26.9. The summed E-state index contributed by atoms with van der Waals surface area (Å²) in [5.41, 5.74) is 0.622. The first-order valence-electron chi connectivity index (χ1n) is 9.06. The summed E-state index contributed by atoms with van der Waals surface area (Å²) in [6, 6.07) is 5.05. The summed E-state index contributed by atoms with van der Waals surface area (Å²) >= 11 is 6.40. The molecule has 0 spiro atoms. The van der Waals surface area contributed by atoms with Crippen molar-refractivity contribution < 1.29 is 19.2 Å². The largest absolute Gasteiger partial charge is 0.274 e. The van der Waals surface area contributed by atoms with Gasteiger partial charge in [0.05, 0.1) is 36.1 Å². The second kappa shape index (κ2) is 6.46. The molecule has 2 heterocycles. The zero-order chi connectivity index (χ0) is 19.3. The van der Waals surface area contributed by atoms with Gasteiger partial charge in [-0.25, -0.2) is 9.96 Å². The SMILES string of the molecule is CC1(C)CON(Cc2ccc(N3C(=O)C4CC=CCC4C3=O)cc2Cl)C1=O. The molecule has 2 unspecified atom stereocenters. The summed E-state index contributed by atoms with van der Waals surface area (Å²) in [5.74, 6) is -0.988. The van der Waals surface area contributed by atoms with Crippen LogP contribution in [0.4, 0.5) is 5.69 Å². The molecule has 0 saturated carbocycles. The number of hydrogen-bond donors (Lipinski definition) is 0. The van der Waals surface area contributed by atoms with E-state index in [0.29, 0.717) is 35.7 Å². The highest BCUT2D eigenvalue weighted by Gasteiger charge is 2.48. The summed E-state index contributed by atoms with van der Waals surface area (Å²) in [5, 5.41) is 1.70. The number of halogens is 1. The molecule has 1 aliphatic carbocycles. The molecule has 2 atom stereocenters. The Labute approximate surface area is 162 Å². The van der Waals surface area contributed by atoms with Crippen molar-refractivity contribution in [2.45, 2.75) is 33.2 Å². The fourth-order valence-corrected chi connectivity index (χ4v) is 4.06. The molecule has 1 aromatic carbocycles. The molecular weight excluding hydrogens is 368 g/mol. The Morgan fingerprint density at radius 2 is 1.74 bits per heavy atom. The minimum atomic E-state index is -0.550. The lowest BCUT2D eigenvalue weighted by atomic mass is 9.85. The topological polar surface area (TPSA) is 66.9 Å². The lowest BCUT2D eigenvalue weighted by Crippen LogP contribution is -2.31. The van der Waals surface area contributed by atoms with Crippen LogP contribution < -0.4 is 4.90 Å². The van der Waals surface area contributed by atoms with Crippen LogP contribution in [-0.4, -0.2) is 29.4 Å². The Morgan fingerprint density at radius 1 is 1.11 bits per heavy atom. The highest BCUT2D eigenvalue weighted by molar-refractivity contribution is 6.32. The molecule has 0 N–H and O–H groups in total. The molecular formula is C20H21ClN2O4. The first-order valence-corrected chi connectivity index (χ1v) is 9.43. The van der Waals surface area contributed by atoms with Crippen molar-refractivity contribution in [1.82, 2.24) is 5.06 Å². The lowest BCUT2D eigenvalue weighted by Gasteiger charge is -2.19. The fraction of sp³-hybridized carbons (Fsp3) is 0.450. The van der Waals surface area contributed by atoms with Gasteiger partial charge in [0.2, 0.25) is 11.8 Å². The summed E-state index contributed by atoms with van der Waals surface area (Å²) in [4.78, 5) is 44.4. The van der Waals surface area contributed by atoms with Gasteiger partial charge in [-0.05, 0) is 44.4 Å². The molecule has 2 fully saturated rings. The lowest BCUT2D eigenvalue weighted by molar-refractivity contribution is -0.165. The van der Waals surface area contributed by atoms with Gasteiger partial charge in [0.25, 0.3) is 5.91 Å². The maximum absolute atomic E-state index is 12.7. The number of benzene rings is 1. The second-order valence-electron chi connectivity index (χ2n) is 7.94. The van der Waals surface area contributed by atoms with Crippen LogP contribution in [0, 0.1) is 17.3 Å². The predicted molar refractivity (Wildman–Crippen MR) is 99.6 cm³/mol. The molecule has 3 aliphatic rings. The molecule has 0 aromatic heterocycles. The van der Waals surface area contributed by atoms with Crippen LogP contribution in [0.3, 0.4) is 0 Å². The van der Waals surface area contributed by atoms with Crippen LogP contribution in [-0.2, 0) is 25.8 Å². The number of rotatable bonds is 3. The van der Waals surface area contributed by atoms with Crippen LogP contribution in [0.5, 0.6) is 0 Å². The Hall–Kier alpha value is -2.18. The fourth-order valence-electron chi connectivity index (χ4n) is 3.83. The maximum Gasteiger partial charge on any atom is 0.254 e. The van der Waals surface area contributed by atoms with E-state index < -0.39 is 5.41 Å². The molecule has 142 valence electrons. The van der Waals surface area contributed by atoms with Crippen LogP contribution in [0.15, 0.2) is 30.4 Å². The minimum absolute atomic E-state index is 0.0934. The zero-order valence-corrected chi connectivity index (χ0v) is 16.0. The van der Waals surface area contributed by atoms with E-state index in [1.54, 1.807) is 18.2 Å². The Balaban J connectivity index is 1.55. The van der Waals surface area contributed by atoms with Crippen LogP contribution in [0.1, 0.15) is 32.3 Å². The quantitative estimate of drug-likeness (QED) is 0.589. The summed E-state index contributed by atoms with van der Waals surface area (Å²) in [6.45, 7) is 4.21. The van der Waals surface area contributed by atoms with Crippen molar-refractivity contribution in [3.05, 3.63) is 40.9 Å². The Kier molecular flexibility index (Phi) is 4.35. The molecule has 7 heteroatoms. The van der Waals surface area contributed by atoms with Crippen LogP contribution in [0.2, 0.25) is 5.02 Å². The van der Waals surface area contributed by atoms with Gasteiger partial charge in [-0.2, -0.15) is 0 Å². The van der Waals surface area contributed by atoms with Gasteiger partial charge in [-0.1, -0.05) is 29.8 Å². The number of amides is 3. The third-order valence-electron chi connectivity index (χ3n) is 5.50. The van der Waals surface area contributed by atoms with Crippen molar-refractivity contribution in [1.29, 1.82) is 0 Å². The molecule has 2 aliphatic heterocycles.